The van der Waals surface area contributed by atoms with Gasteiger partial charge in [0.05, 0.1) is 24.6 Å². The fourth-order valence-corrected chi connectivity index (χ4v) is 3.13. The fraction of sp³-hybridized carbons (Fsp3) is 0.350. The number of fused-ring (bicyclic) bond motifs is 1. The van der Waals surface area contributed by atoms with Gasteiger partial charge in [-0.15, -0.1) is 0 Å². The second-order valence-corrected chi connectivity index (χ2v) is 6.69. The number of aliphatic imine (C=N–C) groups is 1. The van der Waals surface area contributed by atoms with Gasteiger partial charge >= 0.3 is 11.9 Å². The number of imidazole rings is 1. The molecule has 31 heavy (non-hydrogen) atoms. The number of carboxylic acid groups (broad SMARTS) is 2. The number of aromatic carboxylic acids is 2. The molecule has 0 fully saturated rings. The minimum atomic E-state index is -1.44. The maximum atomic E-state index is 11.5. The molecule has 2 heterocycles. The number of benzene rings is 1. The number of hydrogen-bond donors (Lipinski definition) is 2. The van der Waals surface area contributed by atoms with Crippen molar-refractivity contribution in [3.63, 3.8) is 0 Å². The Bertz CT molecular complexity index is 1030. The number of methoxy groups -OCH3 is 2. The summed E-state index contributed by atoms with van der Waals surface area (Å²) in [6.07, 6.45) is 0. The lowest BCUT2D eigenvalue weighted by Gasteiger charge is -2.24. The van der Waals surface area contributed by atoms with Crippen LogP contribution >= 0.6 is 0 Å². The van der Waals surface area contributed by atoms with Gasteiger partial charge in [0.1, 0.15) is 5.71 Å². The van der Waals surface area contributed by atoms with E-state index >= 15 is 0 Å². The minimum Gasteiger partial charge on any atom is -0.476 e. The van der Waals surface area contributed by atoms with Gasteiger partial charge in [0.25, 0.3) is 0 Å². The van der Waals surface area contributed by atoms with Gasteiger partial charge in [0, 0.05) is 33.0 Å². The first-order chi connectivity index (χ1) is 14.9. The van der Waals surface area contributed by atoms with E-state index in [9.17, 15) is 19.8 Å². The first-order valence-corrected chi connectivity index (χ1v) is 9.44. The van der Waals surface area contributed by atoms with Gasteiger partial charge in [-0.2, -0.15) is 5.10 Å². The molecule has 0 spiro atoms. The van der Waals surface area contributed by atoms with Gasteiger partial charge in [-0.05, 0) is 31.2 Å². The van der Waals surface area contributed by atoms with Gasteiger partial charge in [-0.3, -0.25) is 0 Å². The average Bonchev–Trinajstić information content (AvgIpc) is 3.25. The Hall–Kier alpha value is -3.57. The van der Waals surface area contributed by atoms with Crippen LogP contribution in [0.1, 0.15) is 33.7 Å². The number of carbonyl (C=O) groups is 2. The number of rotatable bonds is 10. The molecule has 0 aliphatic carbocycles. The molecule has 0 radical (unpaired) electrons. The molecule has 11 nitrogen and oxygen atoms in total. The van der Waals surface area contributed by atoms with Crippen LogP contribution in [-0.2, 0) is 9.47 Å². The maximum Gasteiger partial charge on any atom is 0.357 e. The van der Waals surface area contributed by atoms with Crippen LogP contribution in [-0.4, -0.2) is 83.8 Å². The first-order valence-electron chi connectivity index (χ1n) is 9.44. The zero-order valence-electron chi connectivity index (χ0n) is 17.4. The van der Waals surface area contributed by atoms with Crippen LogP contribution in [0.2, 0.25) is 0 Å². The number of hydrogen-bond acceptors (Lipinski definition) is 8. The highest BCUT2D eigenvalue weighted by atomic mass is 16.5. The molecule has 0 saturated carbocycles. The number of nitrogens with zero attached hydrogens (tertiary/aromatic N) is 5. The Labute approximate surface area is 178 Å². The average molecular weight is 429 g/mol. The van der Waals surface area contributed by atoms with E-state index < -0.39 is 23.3 Å². The summed E-state index contributed by atoms with van der Waals surface area (Å²) >= 11 is 0. The minimum absolute atomic E-state index is 0.0817. The standard InChI is InChI=1S/C20H23N5O6/c1-12-15(18-22-16(19(26)27)17(20(28)29)25(18)23-12)21-13-4-6-14(7-5-13)24(8-10-30-2)9-11-31-3/h4-7H,8-11H2,1-3H3,(H,26,27)(H,28,29). The number of ether oxygens (including phenoxy) is 2. The molecule has 1 aliphatic heterocycles. The zero-order valence-corrected chi connectivity index (χ0v) is 17.4. The molecule has 0 amide bonds. The summed E-state index contributed by atoms with van der Waals surface area (Å²) < 4.78 is 11.3. The summed E-state index contributed by atoms with van der Waals surface area (Å²) in [4.78, 5) is 33.5. The molecule has 1 aliphatic rings. The maximum absolute atomic E-state index is 11.5. The van der Waals surface area contributed by atoms with Crippen molar-refractivity contribution in [2.75, 3.05) is 45.4 Å². The predicted molar refractivity (Wildman–Crippen MR) is 113 cm³/mol. The highest BCUT2D eigenvalue weighted by Gasteiger charge is 2.33. The van der Waals surface area contributed by atoms with Crippen LogP contribution in [0.5, 0.6) is 0 Å². The second kappa shape index (κ2) is 9.49. The van der Waals surface area contributed by atoms with Gasteiger partial charge in [-0.25, -0.2) is 24.2 Å². The lowest BCUT2D eigenvalue weighted by molar-refractivity contribution is 0.0641. The van der Waals surface area contributed by atoms with E-state index in [2.05, 4.69) is 20.0 Å². The predicted octanol–water partition coefficient (Wildman–Crippen LogP) is 1.74. The molecule has 11 heteroatoms. The molecule has 3 rings (SSSR count). The smallest absolute Gasteiger partial charge is 0.357 e. The largest absolute Gasteiger partial charge is 0.476 e. The highest BCUT2D eigenvalue weighted by Crippen LogP contribution is 2.24. The van der Waals surface area contributed by atoms with Crippen molar-refractivity contribution in [1.29, 1.82) is 0 Å². The third kappa shape index (κ3) is 4.62. The van der Waals surface area contributed by atoms with Crippen LogP contribution in [0, 0.1) is 0 Å². The van der Waals surface area contributed by atoms with Crippen LogP contribution in [0.3, 0.4) is 0 Å². The Balaban J connectivity index is 1.91. The number of carboxylic acids is 2. The summed E-state index contributed by atoms with van der Waals surface area (Å²) in [6.45, 7) is 4.21. The monoisotopic (exact) mass is 429 g/mol. The Morgan fingerprint density at radius 3 is 2.19 bits per heavy atom. The van der Waals surface area contributed by atoms with Crippen molar-refractivity contribution in [2.24, 2.45) is 10.1 Å². The van der Waals surface area contributed by atoms with Crippen molar-refractivity contribution >= 4 is 34.7 Å². The van der Waals surface area contributed by atoms with E-state index in [-0.39, 0.29) is 5.82 Å². The summed E-state index contributed by atoms with van der Waals surface area (Å²) in [7, 11) is 3.29. The molecule has 164 valence electrons. The quantitative estimate of drug-likeness (QED) is 0.582. The van der Waals surface area contributed by atoms with Gasteiger partial charge in [0.2, 0.25) is 0 Å². The van der Waals surface area contributed by atoms with E-state index in [0.29, 0.717) is 43.4 Å². The van der Waals surface area contributed by atoms with E-state index in [1.54, 1.807) is 21.1 Å². The summed E-state index contributed by atoms with van der Waals surface area (Å²) in [5.74, 6) is -2.79. The van der Waals surface area contributed by atoms with Crippen molar-refractivity contribution in [2.45, 2.75) is 6.92 Å². The third-order valence-electron chi connectivity index (χ3n) is 4.65. The summed E-state index contributed by atoms with van der Waals surface area (Å²) in [6, 6.07) is 7.43. The highest BCUT2D eigenvalue weighted by molar-refractivity contribution is 6.48. The zero-order chi connectivity index (χ0) is 22.5. The SMILES string of the molecule is COCCN(CCOC)c1ccc(N=C2C(C)=Nn3c2nc(C(=O)O)c3C(=O)O)cc1. The van der Waals surface area contributed by atoms with Crippen LogP contribution in [0.4, 0.5) is 11.4 Å². The van der Waals surface area contributed by atoms with E-state index in [4.69, 9.17) is 9.47 Å². The lowest BCUT2D eigenvalue weighted by Crippen LogP contribution is -2.30. The first kappa shape index (κ1) is 22.1. The van der Waals surface area contributed by atoms with Gasteiger partial charge < -0.3 is 24.6 Å². The third-order valence-corrected chi connectivity index (χ3v) is 4.65. The molecule has 2 N–H and O–H groups in total. The summed E-state index contributed by atoms with van der Waals surface area (Å²) in [5.41, 5.74) is 1.24. The van der Waals surface area contributed by atoms with Crippen LogP contribution in [0.25, 0.3) is 0 Å². The van der Waals surface area contributed by atoms with E-state index in [1.165, 1.54) is 0 Å². The molecular formula is C20H23N5O6. The molecule has 0 unspecified atom stereocenters. The molecule has 1 aromatic carbocycles. The van der Waals surface area contributed by atoms with Gasteiger partial charge in [0.15, 0.2) is 17.2 Å². The molecular weight excluding hydrogens is 406 g/mol. The summed E-state index contributed by atoms with van der Waals surface area (Å²) in [5, 5.41) is 22.8. The normalized spacial score (nSPS) is 13.9. The van der Waals surface area contributed by atoms with Gasteiger partial charge in [-0.1, -0.05) is 0 Å². The second-order valence-electron chi connectivity index (χ2n) is 6.69. The number of aromatic nitrogens is 2. The molecule has 0 saturated heterocycles. The van der Waals surface area contributed by atoms with Crippen molar-refractivity contribution in [3.8, 4) is 0 Å². The molecule has 0 atom stereocenters. The molecule has 1 aromatic heterocycles. The Morgan fingerprint density at radius 1 is 1.06 bits per heavy atom. The molecule has 0 bridgehead atoms. The Kier molecular flexibility index (Phi) is 6.78. The van der Waals surface area contributed by atoms with Crippen molar-refractivity contribution in [1.82, 2.24) is 9.66 Å². The van der Waals surface area contributed by atoms with Crippen molar-refractivity contribution < 1.29 is 29.3 Å². The van der Waals surface area contributed by atoms with Crippen molar-refractivity contribution in [3.05, 3.63) is 41.5 Å². The van der Waals surface area contributed by atoms with E-state index in [1.807, 2.05) is 24.3 Å². The van der Waals surface area contributed by atoms with Crippen LogP contribution < -0.4 is 4.90 Å². The topological polar surface area (TPSA) is 139 Å². The Morgan fingerprint density at radius 2 is 1.68 bits per heavy atom. The lowest BCUT2D eigenvalue weighted by atomic mass is 10.2. The fourth-order valence-electron chi connectivity index (χ4n) is 3.13. The number of anilines is 1. The van der Waals surface area contributed by atoms with Crippen LogP contribution in [0.15, 0.2) is 34.4 Å². The molecule has 2 aromatic rings. The van der Waals surface area contributed by atoms with E-state index in [0.717, 1.165) is 10.4 Å².